The minimum atomic E-state index is -2.58. The molecular weight excluding hydrogens is 360 g/mol. The zero-order valence-corrected chi connectivity index (χ0v) is 17.9. The van der Waals surface area contributed by atoms with Gasteiger partial charge in [0.15, 0.2) is 0 Å². The highest BCUT2D eigenvalue weighted by atomic mass is 28.4. The van der Waals surface area contributed by atoms with Gasteiger partial charge in [0, 0.05) is 45.1 Å². The lowest BCUT2D eigenvalue weighted by atomic mass is 10.3. The summed E-state index contributed by atoms with van der Waals surface area (Å²) in [5, 5.41) is 8.55. The lowest BCUT2D eigenvalue weighted by Crippen LogP contribution is -2.46. The van der Waals surface area contributed by atoms with Gasteiger partial charge in [-0.15, -0.1) is 5.10 Å². The molecule has 2 aromatic rings. The molecule has 0 radical (unpaired) electrons. The van der Waals surface area contributed by atoms with Crippen LogP contribution in [-0.4, -0.2) is 50.7 Å². The molecule has 0 saturated heterocycles. The summed E-state index contributed by atoms with van der Waals surface area (Å²) in [4.78, 5) is 2.16. The molecule has 0 aliphatic carbocycles. The first-order chi connectivity index (χ1) is 13.1. The molecule has 1 aromatic carbocycles. The van der Waals surface area contributed by atoms with Crippen LogP contribution in [0.2, 0.25) is 6.04 Å². The van der Waals surface area contributed by atoms with E-state index in [9.17, 15) is 0 Å². The van der Waals surface area contributed by atoms with Crippen molar-refractivity contribution in [2.75, 3.05) is 31.8 Å². The summed E-state index contributed by atoms with van der Waals surface area (Å²) < 4.78 is 19.6. The second-order valence-corrected chi connectivity index (χ2v) is 8.98. The average molecular weight is 393 g/mol. The quantitative estimate of drug-likeness (QED) is 0.487. The molecule has 0 aliphatic heterocycles. The second-order valence-electron chi connectivity index (χ2n) is 6.25. The Hall–Kier alpha value is -1.74. The van der Waals surface area contributed by atoms with Crippen molar-refractivity contribution < 1.29 is 13.3 Å². The predicted molar refractivity (Wildman–Crippen MR) is 109 cm³/mol. The van der Waals surface area contributed by atoms with E-state index in [1.807, 2.05) is 49.8 Å². The third-order valence-electron chi connectivity index (χ3n) is 4.15. The Balaban J connectivity index is 1.87. The second kappa shape index (κ2) is 11.2. The number of aromatic nitrogens is 3. The highest BCUT2D eigenvalue weighted by Gasteiger charge is 2.39. The van der Waals surface area contributed by atoms with Gasteiger partial charge in [-0.2, -0.15) is 0 Å². The zero-order valence-electron chi connectivity index (χ0n) is 16.9. The number of hydrogen-bond donors (Lipinski definition) is 0. The van der Waals surface area contributed by atoms with Gasteiger partial charge in [0.2, 0.25) is 0 Å². The standard InChI is InChI=1S/C19H32N4O3Si/c1-5-24-27(25-6-2,26-7-3)15-11-14-23-17-18(20-21-23)16-22(4)19-12-9-8-10-13-19/h8-10,12-13,17H,5-7,11,14-16H2,1-4H3. The number of nitrogens with zero attached hydrogens (tertiary/aromatic N) is 4. The molecule has 0 N–H and O–H groups in total. The van der Waals surface area contributed by atoms with E-state index in [-0.39, 0.29) is 0 Å². The van der Waals surface area contributed by atoms with Crippen LogP contribution in [0.4, 0.5) is 5.69 Å². The van der Waals surface area contributed by atoms with Crippen LogP contribution in [0.25, 0.3) is 0 Å². The summed E-state index contributed by atoms with van der Waals surface area (Å²) in [7, 11) is -0.526. The highest BCUT2D eigenvalue weighted by Crippen LogP contribution is 2.19. The Kier molecular flexibility index (Phi) is 8.93. The average Bonchev–Trinajstić information content (AvgIpc) is 3.10. The van der Waals surface area contributed by atoms with E-state index in [4.69, 9.17) is 13.3 Å². The topological polar surface area (TPSA) is 61.6 Å². The van der Waals surface area contributed by atoms with E-state index >= 15 is 0 Å². The fourth-order valence-electron chi connectivity index (χ4n) is 3.00. The van der Waals surface area contributed by atoms with Crippen LogP contribution in [0.3, 0.4) is 0 Å². The molecule has 0 spiro atoms. The van der Waals surface area contributed by atoms with Crippen LogP contribution in [0.1, 0.15) is 32.9 Å². The Morgan fingerprint density at radius 3 is 2.22 bits per heavy atom. The van der Waals surface area contributed by atoms with Gasteiger partial charge in [0.05, 0.1) is 12.7 Å². The number of hydrogen-bond acceptors (Lipinski definition) is 6. The highest BCUT2D eigenvalue weighted by molar-refractivity contribution is 6.60. The molecule has 7 nitrogen and oxygen atoms in total. The van der Waals surface area contributed by atoms with Crippen molar-refractivity contribution in [1.29, 1.82) is 0 Å². The lowest BCUT2D eigenvalue weighted by molar-refractivity contribution is 0.0704. The van der Waals surface area contributed by atoms with Gasteiger partial charge in [0.25, 0.3) is 0 Å². The first-order valence-corrected chi connectivity index (χ1v) is 11.6. The van der Waals surface area contributed by atoms with Gasteiger partial charge in [-0.3, -0.25) is 4.68 Å². The van der Waals surface area contributed by atoms with E-state index in [2.05, 4.69) is 34.4 Å². The molecule has 0 fully saturated rings. The number of para-hydroxylation sites is 1. The molecule has 0 saturated carbocycles. The molecule has 0 atom stereocenters. The van der Waals surface area contributed by atoms with Gasteiger partial charge in [-0.25, -0.2) is 0 Å². The predicted octanol–water partition coefficient (Wildman–Crippen LogP) is 3.35. The van der Waals surface area contributed by atoms with Crippen LogP contribution >= 0.6 is 0 Å². The normalized spacial score (nSPS) is 11.7. The Bertz CT molecular complexity index is 636. The van der Waals surface area contributed by atoms with Crippen molar-refractivity contribution in [1.82, 2.24) is 15.0 Å². The maximum absolute atomic E-state index is 5.90. The maximum Gasteiger partial charge on any atom is 0.500 e. The van der Waals surface area contributed by atoms with E-state index < -0.39 is 8.80 Å². The third-order valence-corrected chi connectivity index (χ3v) is 7.30. The minimum absolute atomic E-state index is 0.603. The summed E-state index contributed by atoms with van der Waals surface area (Å²) in [5.41, 5.74) is 2.11. The van der Waals surface area contributed by atoms with Gasteiger partial charge < -0.3 is 18.2 Å². The number of anilines is 1. The molecule has 8 heteroatoms. The molecule has 1 heterocycles. The van der Waals surface area contributed by atoms with Gasteiger partial charge in [0.1, 0.15) is 5.69 Å². The van der Waals surface area contributed by atoms with E-state index in [0.29, 0.717) is 19.8 Å². The zero-order chi connectivity index (χ0) is 19.5. The Morgan fingerprint density at radius 1 is 1.00 bits per heavy atom. The molecule has 0 bridgehead atoms. The summed E-state index contributed by atoms with van der Waals surface area (Å²) in [5.74, 6) is 0. The summed E-state index contributed by atoms with van der Waals surface area (Å²) in [6, 6.07) is 11.0. The van der Waals surface area contributed by atoms with Crippen LogP contribution in [0.5, 0.6) is 0 Å². The number of rotatable bonds is 13. The molecule has 0 unspecified atom stereocenters. The van der Waals surface area contributed by atoms with Crippen molar-refractivity contribution in [3.63, 3.8) is 0 Å². The third kappa shape index (κ3) is 6.73. The molecule has 0 aliphatic rings. The first-order valence-electron chi connectivity index (χ1n) is 9.69. The molecule has 0 amide bonds. The fraction of sp³-hybridized carbons (Fsp3) is 0.579. The summed E-state index contributed by atoms with van der Waals surface area (Å²) in [6.45, 7) is 9.23. The number of aryl methyl sites for hydroxylation is 1. The van der Waals surface area contributed by atoms with E-state index in [0.717, 1.165) is 36.9 Å². The molecule has 1 aromatic heterocycles. The van der Waals surface area contributed by atoms with Crippen LogP contribution in [0.15, 0.2) is 36.5 Å². The number of benzene rings is 1. The lowest BCUT2D eigenvalue weighted by Gasteiger charge is -2.28. The maximum atomic E-state index is 5.90. The SMILES string of the molecule is CCO[Si](CCCn1cc(CN(C)c2ccccc2)nn1)(OCC)OCC. The van der Waals surface area contributed by atoms with Gasteiger partial charge in [-0.05, 0) is 39.3 Å². The van der Waals surface area contributed by atoms with Gasteiger partial charge in [-0.1, -0.05) is 23.4 Å². The van der Waals surface area contributed by atoms with Gasteiger partial charge >= 0.3 is 8.80 Å². The molecule has 150 valence electrons. The van der Waals surface area contributed by atoms with Crippen molar-refractivity contribution in [2.24, 2.45) is 0 Å². The van der Waals surface area contributed by atoms with E-state index in [1.165, 1.54) is 0 Å². The first kappa shape index (κ1) is 21.6. The smallest absolute Gasteiger partial charge is 0.374 e. The monoisotopic (exact) mass is 392 g/mol. The largest absolute Gasteiger partial charge is 0.500 e. The summed E-state index contributed by atoms with van der Waals surface area (Å²) >= 11 is 0. The minimum Gasteiger partial charge on any atom is -0.374 e. The van der Waals surface area contributed by atoms with E-state index in [1.54, 1.807) is 0 Å². The van der Waals surface area contributed by atoms with Crippen molar-refractivity contribution in [3.8, 4) is 0 Å². The van der Waals surface area contributed by atoms with Crippen molar-refractivity contribution in [3.05, 3.63) is 42.2 Å². The molecule has 2 rings (SSSR count). The Morgan fingerprint density at radius 2 is 1.63 bits per heavy atom. The van der Waals surface area contributed by atoms with Crippen LogP contribution < -0.4 is 4.90 Å². The van der Waals surface area contributed by atoms with Crippen LogP contribution in [-0.2, 0) is 26.4 Å². The molecule has 27 heavy (non-hydrogen) atoms. The Labute approximate surface area is 163 Å². The van der Waals surface area contributed by atoms with Crippen LogP contribution in [0, 0.1) is 0 Å². The van der Waals surface area contributed by atoms with Crippen molar-refractivity contribution in [2.45, 2.75) is 46.3 Å². The fourth-order valence-corrected chi connectivity index (χ4v) is 5.59. The molecular formula is C19H32N4O3Si. The van der Waals surface area contributed by atoms with Crippen molar-refractivity contribution >= 4 is 14.5 Å². The summed E-state index contributed by atoms with van der Waals surface area (Å²) in [6.07, 6.45) is 2.88.